The summed E-state index contributed by atoms with van der Waals surface area (Å²) in [5, 5.41) is 0. The first-order chi connectivity index (χ1) is 4.95. The molecule has 11 heavy (non-hydrogen) atoms. The first-order valence-electron chi connectivity index (χ1n) is 3.51. The molecule has 1 aromatic heterocycles. The Kier molecular flexibility index (Phi) is 2.85. The minimum absolute atomic E-state index is 0. The first-order valence-corrected chi connectivity index (χ1v) is 3.51. The van der Waals surface area contributed by atoms with Crippen molar-refractivity contribution in [1.82, 2.24) is 0 Å². The van der Waals surface area contributed by atoms with Crippen LogP contribution in [0.15, 0.2) is 30.6 Å². The molecule has 2 heterocycles. The molecule has 0 bridgehead atoms. The third-order valence-corrected chi connectivity index (χ3v) is 1.59. The molecule has 1 aromatic rings. The fourth-order valence-electron chi connectivity index (χ4n) is 0.965. The number of rotatable bonds is 2. The molecule has 1 unspecified atom stereocenters. The Morgan fingerprint density at radius 2 is 1.91 bits per heavy atom. The largest absolute Gasteiger partial charge is 1.00 e. The summed E-state index contributed by atoms with van der Waals surface area (Å²) in [5.74, 6) is 0. The summed E-state index contributed by atoms with van der Waals surface area (Å²) in [6.45, 7) is 1.93. The lowest BCUT2D eigenvalue weighted by molar-refractivity contribution is -0.698. The van der Waals surface area contributed by atoms with Crippen LogP contribution in [-0.2, 0) is 11.3 Å². The van der Waals surface area contributed by atoms with Gasteiger partial charge in [0.2, 0.25) is 0 Å². The highest BCUT2D eigenvalue weighted by molar-refractivity contribution is 4.83. The van der Waals surface area contributed by atoms with Crippen LogP contribution in [-0.4, -0.2) is 12.7 Å². The molecule has 60 valence electrons. The fourth-order valence-corrected chi connectivity index (χ4v) is 0.965. The zero-order valence-electron chi connectivity index (χ0n) is 6.11. The van der Waals surface area contributed by atoms with Crippen molar-refractivity contribution in [1.29, 1.82) is 0 Å². The highest BCUT2D eigenvalue weighted by Gasteiger charge is 2.26. The van der Waals surface area contributed by atoms with Gasteiger partial charge in [0.25, 0.3) is 0 Å². The van der Waals surface area contributed by atoms with Gasteiger partial charge in [0, 0.05) is 12.1 Å². The Balaban J connectivity index is 0.000000605. The third-order valence-electron chi connectivity index (χ3n) is 1.59. The van der Waals surface area contributed by atoms with Crippen molar-refractivity contribution in [3.05, 3.63) is 30.6 Å². The van der Waals surface area contributed by atoms with Crippen LogP contribution >= 0.6 is 0 Å². The van der Waals surface area contributed by atoms with Gasteiger partial charge in [-0.3, -0.25) is 0 Å². The molecule has 2 rings (SSSR count). The Morgan fingerprint density at radius 1 is 1.27 bits per heavy atom. The quantitative estimate of drug-likeness (QED) is 0.352. The molecule has 3 heteroatoms. The van der Waals surface area contributed by atoms with E-state index in [1.54, 1.807) is 0 Å². The second-order valence-corrected chi connectivity index (χ2v) is 2.53. The van der Waals surface area contributed by atoms with E-state index < -0.39 is 0 Å². The maximum Gasteiger partial charge on any atom is 0.176 e. The number of hydrogen-bond donors (Lipinski definition) is 0. The highest BCUT2D eigenvalue weighted by atomic mass is 35.5. The van der Waals surface area contributed by atoms with Gasteiger partial charge in [-0.1, -0.05) is 6.07 Å². The monoisotopic (exact) mass is 171 g/mol. The number of nitrogens with zero attached hydrogens (tertiary/aromatic N) is 1. The Labute approximate surface area is 72.2 Å². The topological polar surface area (TPSA) is 16.4 Å². The van der Waals surface area contributed by atoms with Gasteiger partial charge in [0.05, 0.1) is 6.61 Å². The fraction of sp³-hybridized carbons (Fsp3) is 0.375. The van der Waals surface area contributed by atoms with E-state index in [2.05, 4.69) is 17.0 Å². The Morgan fingerprint density at radius 3 is 2.45 bits per heavy atom. The second-order valence-electron chi connectivity index (χ2n) is 2.53. The average Bonchev–Trinajstić information content (AvgIpc) is 2.74. The van der Waals surface area contributed by atoms with Crippen LogP contribution in [0.2, 0.25) is 0 Å². The van der Waals surface area contributed by atoms with Crippen LogP contribution < -0.4 is 17.0 Å². The minimum Gasteiger partial charge on any atom is -1.00 e. The summed E-state index contributed by atoms with van der Waals surface area (Å²) in [7, 11) is 0. The minimum atomic E-state index is 0. The van der Waals surface area contributed by atoms with Crippen LogP contribution in [0.4, 0.5) is 0 Å². The molecule has 0 aromatic carbocycles. The predicted octanol–water partition coefficient (Wildman–Crippen LogP) is -2.62. The lowest BCUT2D eigenvalue weighted by atomic mass is 10.4. The molecule has 0 N–H and O–H groups in total. The van der Waals surface area contributed by atoms with Gasteiger partial charge >= 0.3 is 0 Å². The summed E-state index contributed by atoms with van der Waals surface area (Å²) in [4.78, 5) is 0. The van der Waals surface area contributed by atoms with Gasteiger partial charge in [0.15, 0.2) is 18.9 Å². The van der Waals surface area contributed by atoms with Crippen LogP contribution in [0.1, 0.15) is 0 Å². The molecule has 1 saturated heterocycles. The summed E-state index contributed by atoms with van der Waals surface area (Å²) in [6.07, 6.45) is 4.59. The third kappa shape index (κ3) is 2.48. The van der Waals surface area contributed by atoms with Crippen LogP contribution in [0.3, 0.4) is 0 Å². The van der Waals surface area contributed by atoms with Gasteiger partial charge in [-0.15, -0.1) is 0 Å². The molecular formula is C8H10ClNO. The summed E-state index contributed by atoms with van der Waals surface area (Å²) in [6, 6.07) is 6.08. The molecule has 2 nitrogen and oxygen atoms in total. The molecule has 0 radical (unpaired) electrons. The summed E-state index contributed by atoms with van der Waals surface area (Å²) < 4.78 is 7.23. The molecule has 1 fully saturated rings. The van der Waals surface area contributed by atoms with Gasteiger partial charge < -0.3 is 17.1 Å². The molecule has 0 amide bonds. The Hall–Kier alpha value is -0.600. The van der Waals surface area contributed by atoms with Crippen molar-refractivity contribution in [3.8, 4) is 0 Å². The summed E-state index contributed by atoms with van der Waals surface area (Å²) >= 11 is 0. The molecular weight excluding hydrogens is 162 g/mol. The van der Waals surface area contributed by atoms with E-state index in [-0.39, 0.29) is 12.4 Å². The van der Waals surface area contributed by atoms with E-state index >= 15 is 0 Å². The highest BCUT2D eigenvalue weighted by Crippen LogP contribution is 2.07. The predicted molar refractivity (Wildman–Crippen MR) is 36.4 cm³/mol. The normalized spacial score (nSPS) is 20.5. The number of epoxide rings is 1. The van der Waals surface area contributed by atoms with Gasteiger partial charge in [0.1, 0.15) is 6.10 Å². The number of pyridine rings is 1. The van der Waals surface area contributed by atoms with Gasteiger partial charge in [-0.25, -0.2) is 4.57 Å². The molecule has 1 aliphatic heterocycles. The number of halogens is 1. The lowest BCUT2D eigenvalue weighted by Crippen LogP contribution is -3.00. The number of ether oxygens (including phenoxy) is 1. The molecule has 0 aliphatic carbocycles. The van der Waals surface area contributed by atoms with E-state index in [0.29, 0.717) is 6.10 Å². The van der Waals surface area contributed by atoms with Crippen molar-refractivity contribution in [3.63, 3.8) is 0 Å². The zero-order valence-corrected chi connectivity index (χ0v) is 6.87. The number of hydrogen-bond acceptors (Lipinski definition) is 1. The van der Waals surface area contributed by atoms with E-state index in [0.717, 1.165) is 13.2 Å². The first kappa shape index (κ1) is 8.50. The molecule has 0 saturated carbocycles. The molecule has 1 atom stereocenters. The van der Waals surface area contributed by atoms with Crippen molar-refractivity contribution >= 4 is 0 Å². The van der Waals surface area contributed by atoms with Crippen molar-refractivity contribution in [2.45, 2.75) is 12.6 Å². The van der Waals surface area contributed by atoms with Crippen LogP contribution in [0, 0.1) is 0 Å². The lowest BCUT2D eigenvalue weighted by Gasteiger charge is -1.88. The van der Waals surface area contributed by atoms with Crippen LogP contribution in [0.5, 0.6) is 0 Å². The van der Waals surface area contributed by atoms with Crippen molar-refractivity contribution in [2.75, 3.05) is 6.61 Å². The van der Waals surface area contributed by atoms with E-state index in [1.807, 2.05) is 18.2 Å². The zero-order chi connectivity index (χ0) is 6.81. The SMILES string of the molecule is [Cl-].c1cc[n+](CC2CO2)cc1. The molecule has 1 aliphatic rings. The second kappa shape index (κ2) is 3.69. The average molecular weight is 172 g/mol. The van der Waals surface area contributed by atoms with Crippen molar-refractivity contribution in [2.24, 2.45) is 0 Å². The number of aromatic nitrogens is 1. The van der Waals surface area contributed by atoms with E-state index in [9.17, 15) is 0 Å². The maximum absolute atomic E-state index is 5.09. The van der Waals surface area contributed by atoms with E-state index in [1.165, 1.54) is 0 Å². The van der Waals surface area contributed by atoms with Crippen molar-refractivity contribution < 1.29 is 21.7 Å². The van der Waals surface area contributed by atoms with Crippen LogP contribution in [0.25, 0.3) is 0 Å². The van der Waals surface area contributed by atoms with Gasteiger partial charge in [-0.05, 0) is 0 Å². The smallest absolute Gasteiger partial charge is 0.176 e. The summed E-state index contributed by atoms with van der Waals surface area (Å²) in [5.41, 5.74) is 0. The standard InChI is InChI=1S/C8H10NO.ClH/c1-2-4-9(5-3-1)6-8-7-10-8;/h1-5,8H,6-7H2;1H/q+1;/p-1. The Bertz CT molecular complexity index is 211. The maximum atomic E-state index is 5.09. The van der Waals surface area contributed by atoms with Gasteiger partial charge in [-0.2, -0.15) is 0 Å². The molecule has 0 spiro atoms. The van der Waals surface area contributed by atoms with E-state index in [4.69, 9.17) is 4.74 Å².